The molecule has 26 heavy (non-hydrogen) atoms. The van der Waals surface area contributed by atoms with Crippen LogP contribution in [0.4, 0.5) is 5.82 Å². The minimum Gasteiger partial charge on any atom is -0.365 e. The summed E-state index contributed by atoms with van der Waals surface area (Å²) in [6, 6.07) is 3.50. The lowest BCUT2D eigenvalue weighted by Crippen LogP contribution is -2.37. The van der Waals surface area contributed by atoms with Crippen LogP contribution in [0.5, 0.6) is 0 Å². The number of primary amides is 1. The standard InChI is InChI=1S/C19H23N5O2/c1-11-21-16(9-17(25)22-11)13-5-3-7-24(10-13)19-14(18(20)26)8-12-4-2-6-15(12)23-19/h8-9,13H,2-7,10H2,1H3,(H2,20,26)(H,21,22,25). The quantitative estimate of drug-likeness (QED) is 0.869. The van der Waals surface area contributed by atoms with Crippen molar-refractivity contribution < 1.29 is 4.79 Å². The topological polar surface area (TPSA) is 105 Å². The second kappa shape index (κ2) is 6.55. The van der Waals surface area contributed by atoms with Gasteiger partial charge in [-0.05, 0) is 50.7 Å². The van der Waals surface area contributed by atoms with Gasteiger partial charge in [-0.1, -0.05) is 0 Å². The zero-order valence-corrected chi connectivity index (χ0v) is 14.9. The number of pyridine rings is 1. The number of hydrogen-bond acceptors (Lipinski definition) is 5. The zero-order valence-electron chi connectivity index (χ0n) is 14.9. The van der Waals surface area contributed by atoms with Crippen LogP contribution in [0, 0.1) is 6.92 Å². The lowest BCUT2D eigenvalue weighted by molar-refractivity contribution is 0.1000. The molecule has 1 fully saturated rings. The van der Waals surface area contributed by atoms with Crippen molar-refractivity contribution in [3.8, 4) is 0 Å². The van der Waals surface area contributed by atoms with Gasteiger partial charge in [0.2, 0.25) is 0 Å². The second-order valence-electron chi connectivity index (χ2n) is 7.22. The van der Waals surface area contributed by atoms with E-state index in [-0.39, 0.29) is 11.5 Å². The monoisotopic (exact) mass is 353 g/mol. The predicted molar refractivity (Wildman–Crippen MR) is 98.6 cm³/mol. The van der Waals surface area contributed by atoms with E-state index in [1.165, 1.54) is 0 Å². The number of piperidine rings is 1. The lowest BCUT2D eigenvalue weighted by Gasteiger charge is -2.34. The molecule has 136 valence electrons. The van der Waals surface area contributed by atoms with E-state index in [2.05, 4.69) is 14.9 Å². The number of H-pyrrole nitrogens is 1. The highest BCUT2D eigenvalue weighted by molar-refractivity contribution is 5.98. The highest BCUT2D eigenvalue weighted by Crippen LogP contribution is 2.32. The van der Waals surface area contributed by atoms with Crippen LogP contribution in [0.15, 0.2) is 16.9 Å². The van der Waals surface area contributed by atoms with Gasteiger partial charge < -0.3 is 15.6 Å². The summed E-state index contributed by atoms with van der Waals surface area (Å²) < 4.78 is 0. The first-order valence-corrected chi connectivity index (χ1v) is 9.16. The maximum absolute atomic E-state index is 12.0. The molecule has 7 nitrogen and oxygen atoms in total. The summed E-state index contributed by atoms with van der Waals surface area (Å²) in [7, 11) is 0. The number of nitrogens with zero attached hydrogens (tertiary/aromatic N) is 3. The number of amides is 1. The lowest BCUT2D eigenvalue weighted by atomic mass is 9.94. The maximum atomic E-state index is 12.0. The molecule has 0 aromatic carbocycles. The predicted octanol–water partition coefficient (Wildman–Crippen LogP) is 1.44. The van der Waals surface area contributed by atoms with Crippen LogP contribution in [-0.2, 0) is 12.8 Å². The summed E-state index contributed by atoms with van der Waals surface area (Å²) >= 11 is 0. The highest BCUT2D eigenvalue weighted by Gasteiger charge is 2.28. The van der Waals surface area contributed by atoms with Crippen molar-refractivity contribution in [3.63, 3.8) is 0 Å². The van der Waals surface area contributed by atoms with Crippen molar-refractivity contribution in [3.05, 3.63) is 50.8 Å². The fraction of sp³-hybridized carbons (Fsp3) is 0.474. The third kappa shape index (κ3) is 3.09. The summed E-state index contributed by atoms with van der Waals surface area (Å²) in [6.45, 7) is 3.30. The summed E-state index contributed by atoms with van der Waals surface area (Å²) in [5.41, 5.74) is 9.04. The Morgan fingerprint density at radius 2 is 2.12 bits per heavy atom. The fourth-order valence-corrected chi connectivity index (χ4v) is 4.11. The van der Waals surface area contributed by atoms with Crippen molar-refractivity contribution in [2.24, 2.45) is 5.73 Å². The van der Waals surface area contributed by atoms with E-state index in [9.17, 15) is 9.59 Å². The average molecular weight is 353 g/mol. The molecule has 0 bridgehead atoms. The van der Waals surface area contributed by atoms with Gasteiger partial charge in [0.25, 0.3) is 11.5 Å². The average Bonchev–Trinajstić information content (AvgIpc) is 3.07. The smallest absolute Gasteiger partial charge is 0.252 e. The van der Waals surface area contributed by atoms with Gasteiger partial charge in [0.05, 0.1) is 11.3 Å². The molecule has 0 saturated carbocycles. The fourth-order valence-electron chi connectivity index (χ4n) is 4.11. The Morgan fingerprint density at radius 1 is 1.27 bits per heavy atom. The van der Waals surface area contributed by atoms with Crippen molar-refractivity contribution in [1.82, 2.24) is 15.0 Å². The number of carbonyl (C=O) groups is 1. The number of nitrogens with two attached hydrogens (primary N) is 1. The van der Waals surface area contributed by atoms with Crippen LogP contribution in [0.3, 0.4) is 0 Å². The van der Waals surface area contributed by atoms with Gasteiger partial charge in [-0.15, -0.1) is 0 Å². The molecule has 1 unspecified atom stereocenters. The molecule has 7 heteroatoms. The number of anilines is 1. The molecule has 1 saturated heterocycles. The van der Waals surface area contributed by atoms with Crippen LogP contribution in [0.2, 0.25) is 0 Å². The Morgan fingerprint density at radius 3 is 2.88 bits per heavy atom. The number of hydrogen-bond donors (Lipinski definition) is 2. The molecule has 1 amide bonds. The molecule has 0 radical (unpaired) electrons. The normalized spacial score (nSPS) is 19.4. The number of fused-ring (bicyclic) bond motifs is 1. The molecule has 4 rings (SSSR count). The van der Waals surface area contributed by atoms with Gasteiger partial charge in [0.1, 0.15) is 11.6 Å². The molecular formula is C19H23N5O2. The summed E-state index contributed by atoms with van der Waals surface area (Å²) in [4.78, 5) is 37.9. The van der Waals surface area contributed by atoms with Crippen molar-refractivity contribution >= 4 is 11.7 Å². The minimum atomic E-state index is -0.436. The molecule has 0 spiro atoms. The molecule has 3 N–H and O–H groups in total. The molecule has 2 aromatic heterocycles. The van der Waals surface area contributed by atoms with E-state index in [0.29, 0.717) is 23.8 Å². The number of rotatable bonds is 3. The number of aromatic nitrogens is 3. The van der Waals surface area contributed by atoms with E-state index in [4.69, 9.17) is 10.7 Å². The first-order valence-electron chi connectivity index (χ1n) is 9.16. The first kappa shape index (κ1) is 16.8. The van der Waals surface area contributed by atoms with E-state index in [0.717, 1.165) is 55.6 Å². The van der Waals surface area contributed by atoms with Gasteiger partial charge in [-0.3, -0.25) is 9.59 Å². The minimum absolute atomic E-state index is 0.127. The van der Waals surface area contributed by atoms with Crippen LogP contribution in [0.25, 0.3) is 0 Å². The summed E-state index contributed by atoms with van der Waals surface area (Å²) in [5, 5.41) is 0. The summed E-state index contributed by atoms with van der Waals surface area (Å²) in [6.07, 6.45) is 4.90. The van der Waals surface area contributed by atoms with E-state index >= 15 is 0 Å². The Labute approximate surface area is 151 Å². The highest BCUT2D eigenvalue weighted by atomic mass is 16.1. The Bertz CT molecular complexity index is 921. The van der Waals surface area contributed by atoms with Gasteiger partial charge in [-0.25, -0.2) is 9.97 Å². The zero-order chi connectivity index (χ0) is 18.3. The molecule has 2 aromatic rings. The third-order valence-corrected chi connectivity index (χ3v) is 5.32. The second-order valence-corrected chi connectivity index (χ2v) is 7.22. The van der Waals surface area contributed by atoms with E-state index in [1.54, 1.807) is 13.0 Å². The molecular weight excluding hydrogens is 330 g/mol. The number of aryl methyl sites for hydroxylation is 3. The maximum Gasteiger partial charge on any atom is 0.252 e. The molecule has 3 heterocycles. The van der Waals surface area contributed by atoms with Gasteiger partial charge in [-0.2, -0.15) is 0 Å². The number of carbonyl (C=O) groups excluding carboxylic acids is 1. The Balaban J connectivity index is 1.68. The molecule has 1 atom stereocenters. The van der Waals surface area contributed by atoms with Crippen LogP contribution < -0.4 is 16.2 Å². The van der Waals surface area contributed by atoms with E-state index < -0.39 is 5.91 Å². The van der Waals surface area contributed by atoms with Gasteiger partial charge >= 0.3 is 0 Å². The van der Waals surface area contributed by atoms with Gasteiger partial charge in [0, 0.05) is 30.8 Å². The summed E-state index contributed by atoms with van der Waals surface area (Å²) in [5.74, 6) is 1.01. The largest absolute Gasteiger partial charge is 0.365 e. The van der Waals surface area contributed by atoms with Crippen LogP contribution in [-0.4, -0.2) is 33.9 Å². The van der Waals surface area contributed by atoms with E-state index in [1.807, 2.05) is 6.07 Å². The van der Waals surface area contributed by atoms with Crippen molar-refractivity contribution in [2.75, 3.05) is 18.0 Å². The Kier molecular flexibility index (Phi) is 4.22. The Hall–Kier alpha value is -2.70. The molecule has 2 aliphatic rings. The number of aromatic amines is 1. The van der Waals surface area contributed by atoms with Crippen LogP contribution >= 0.6 is 0 Å². The van der Waals surface area contributed by atoms with Crippen molar-refractivity contribution in [1.29, 1.82) is 0 Å². The first-order chi connectivity index (χ1) is 12.5. The van der Waals surface area contributed by atoms with Crippen LogP contribution in [0.1, 0.15) is 58.3 Å². The van der Waals surface area contributed by atoms with Gasteiger partial charge in [0.15, 0.2) is 0 Å². The number of nitrogens with one attached hydrogen (secondary N) is 1. The third-order valence-electron chi connectivity index (χ3n) is 5.32. The SMILES string of the molecule is Cc1nc(C2CCCN(c3nc4c(cc3C(N)=O)CCC4)C2)cc(=O)[nH]1. The van der Waals surface area contributed by atoms with Crippen molar-refractivity contribution in [2.45, 2.75) is 44.9 Å². The molecule has 1 aliphatic heterocycles. The molecule has 1 aliphatic carbocycles.